The summed E-state index contributed by atoms with van der Waals surface area (Å²) >= 11 is 0. The van der Waals surface area contributed by atoms with Gasteiger partial charge in [0.05, 0.1) is 12.5 Å². The molecule has 1 atom stereocenters. The number of benzene rings is 2. The molecule has 0 radical (unpaired) electrons. The summed E-state index contributed by atoms with van der Waals surface area (Å²) < 4.78 is 4.76. The van der Waals surface area contributed by atoms with Gasteiger partial charge < -0.3 is 15.2 Å². The highest BCUT2D eigenvalue weighted by atomic mass is 16.5. The topological polar surface area (TPSA) is 92.7 Å². The number of rotatable bonds is 7. The summed E-state index contributed by atoms with van der Waals surface area (Å²) in [6.07, 6.45) is 2.55. The summed E-state index contributed by atoms with van der Waals surface area (Å²) in [7, 11) is 0. The highest BCUT2D eigenvalue weighted by Crippen LogP contribution is 2.44. The van der Waals surface area contributed by atoms with Gasteiger partial charge in [0.2, 0.25) is 5.91 Å². The van der Waals surface area contributed by atoms with E-state index in [9.17, 15) is 19.5 Å². The summed E-state index contributed by atoms with van der Waals surface area (Å²) in [4.78, 5) is 35.9. The number of carboxylic acids is 1. The lowest BCUT2D eigenvalue weighted by Crippen LogP contribution is -2.42. The quantitative estimate of drug-likeness (QED) is 0.570. The van der Waals surface area contributed by atoms with Gasteiger partial charge in [-0.25, -0.2) is 9.59 Å². The molecule has 0 bridgehead atoms. The van der Waals surface area contributed by atoms with Crippen molar-refractivity contribution in [3.05, 3.63) is 71.8 Å². The van der Waals surface area contributed by atoms with Crippen LogP contribution in [0.2, 0.25) is 0 Å². The number of fused-ring (bicyclic) bond motifs is 3. The van der Waals surface area contributed by atoms with Crippen LogP contribution >= 0.6 is 0 Å². The minimum atomic E-state index is -1.17. The van der Waals surface area contributed by atoms with E-state index in [1.807, 2.05) is 48.5 Å². The summed E-state index contributed by atoms with van der Waals surface area (Å²) in [5.74, 6) is -2.66. The summed E-state index contributed by atoms with van der Waals surface area (Å²) in [6.45, 7) is 1.92. The fourth-order valence-corrected chi connectivity index (χ4v) is 3.41. The summed E-state index contributed by atoms with van der Waals surface area (Å²) in [6, 6.07) is 14.1. The van der Waals surface area contributed by atoms with Gasteiger partial charge in [0.1, 0.15) is 6.04 Å². The van der Waals surface area contributed by atoms with Crippen molar-refractivity contribution in [2.45, 2.75) is 25.3 Å². The van der Waals surface area contributed by atoms with Crippen molar-refractivity contribution in [2.75, 3.05) is 6.61 Å². The normalized spacial score (nSPS) is 13.6. The van der Waals surface area contributed by atoms with Crippen LogP contribution in [0.1, 0.15) is 30.4 Å². The van der Waals surface area contributed by atoms with Crippen molar-refractivity contribution in [3.8, 4) is 11.1 Å². The van der Waals surface area contributed by atoms with Crippen LogP contribution < -0.4 is 5.32 Å². The second kappa shape index (κ2) is 8.52. The van der Waals surface area contributed by atoms with Gasteiger partial charge in [-0.3, -0.25) is 4.79 Å². The van der Waals surface area contributed by atoms with Gasteiger partial charge in [-0.1, -0.05) is 54.6 Å². The maximum Gasteiger partial charge on any atom is 0.330 e. The van der Waals surface area contributed by atoms with Gasteiger partial charge in [-0.05, 0) is 35.6 Å². The van der Waals surface area contributed by atoms with Crippen LogP contribution in [-0.4, -0.2) is 35.6 Å². The predicted molar refractivity (Wildman–Crippen MR) is 104 cm³/mol. The van der Waals surface area contributed by atoms with Crippen LogP contribution in [0, 0.1) is 0 Å². The first kappa shape index (κ1) is 19.4. The SMILES string of the molecule is CCOC(=O)/C=C/C[C@H](NC(=O)C1c2ccccc2-c2ccccc21)C(=O)O. The standard InChI is InChI=1S/C22H21NO5/c1-2-28-19(24)13-7-12-18(22(26)27)23-21(25)20-16-10-5-3-8-14(16)15-9-4-6-11-17(15)20/h3-11,13,18,20H,2,12H2,1H3,(H,23,25)(H,26,27)/b13-7+/t18-/m0/s1. The number of esters is 1. The molecule has 0 unspecified atom stereocenters. The number of aliphatic carboxylic acids is 1. The van der Waals surface area contributed by atoms with Crippen LogP contribution in [0.5, 0.6) is 0 Å². The van der Waals surface area contributed by atoms with E-state index in [2.05, 4.69) is 5.32 Å². The molecule has 6 nitrogen and oxygen atoms in total. The molecular formula is C22H21NO5. The molecule has 144 valence electrons. The first-order valence-corrected chi connectivity index (χ1v) is 9.07. The Balaban J connectivity index is 1.79. The lowest BCUT2D eigenvalue weighted by molar-refractivity contribution is -0.142. The summed E-state index contributed by atoms with van der Waals surface area (Å²) in [5.41, 5.74) is 3.67. The Kier molecular flexibility index (Phi) is 5.89. The third kappa shape index (κ3) is 3.96. The number of amides is 1. The fourth-order valence-electron chi connectivity index (χ4n) is 3.41. The number of hydrogen-bond donors (Lipinski definition) is 2. The Bertz CT molecular complexity index is 889. The zero-order valence-corrected chi connectivity index (χ0v) is 15.4. The second-order valence-electron chi connectivity index (χ2n) is 6.40. The van der Waals surface area contributed by atoms with Crippen LogP contribution in [0.25, 0.3) is 11.1 Å². The highest BCUT2D eigenvalue weighted by molar-refractivity contribution is 5.97. The smallest absolute Gasteiger partial charge is 0.330 e. The Morgan fingerprint density at radius 2 is 1.64 bits per heavy atom. The number of carbonyl (C=O) groups excluding carboxylic acids is 2. The Morgan fingerprint density at radius 1 is 1.07 bits per heavy atom. The average molecular weight is 379 g/mol. The maximum absolute atomic E-state index is 13.0. The number of carbonyl (C=O) groups is 3. The third-order valence-electron chi connectivity index (χ3n) is 4.62. The van der Waals surface area contributed by atoms with E-state index in [0.717, 1.165) is 22.3 Å². The molecule has 0 spiro atoms. The molecule has 2 aromatic carbocycles. The van der Waals surface area contributed by atoms with Crippen LogP contribution in [-0.2, 0) is 19.1 Å². The number of carboxylic acid groups (broad SMARTS) is 1. The fraction of sp³-hybridized carbons (Fsp3) is 0.227. The molecule has 1 aliphatic carbocycles. The van der Waals surface area contributed by atoms with E-state index in [0.29, 0.717) is 0 Å². The lowest BCUT2D eigenvalue weighted by atomic mass is 9.95. The molecule has 28 heavy (non-hydrogen) atoms. The van der Waals surface area contributed by atoms with Crippen molar-refractivity contribution in [2.24, 2.45) is 0 Å². The largest absolute Gasteiger partial charge is 0.480 e. The highest BCUT2D eigenvalue weighted by Gasteiger charge is 2.34. The second-order valence-corrected chi connectivity index (χ2v) is 6.40. The average Bonchev–Trinajstić information content (AvgIpc) is 3.02. The number of ether oxygens (including phenoxy) is 1. The minimum absolute atomic E-state index is 0.0180. The molecule has 0 saturated carbocycles. The first-order valence-electron chi connectivity index (χ1n) is 9.07. The predicted octanol–water partition coefficient (Wildman–Crippen LogP) is 2.88. The monoisotopic (exact) mass is 379 g/mol. The van der Waals surface area contributed by atoms with Gasteiger partial charge in [0, 0.05) is 6.08 Å². The molecule has 6 heteroatoms. The minimum Gasteiger partial charge on any atom is -0.480 e. The van der Waals surface area contributed by atoms with E-state index >= 15 is 0 Å². The van der Waals surface area contributed by atoms with E-state index in [1.165, 1.54) is 12.2 Å². The molecule has 0 saturated heterocycles. The molecule has 2 aromatic rings. The third-order valence-corrected chi connectivity index (χ3v) is 4.62. The summed E-state index contributed by atoms with van der Waals surface area (Å²) in [5, 5.41) is 12.1. The van der Waals surface area contributed by atoms with Gasteiger partial charge in [0.15, 0.2) is 0 Å². The zero-order valence-electron chi connectivity index (χ0n) is 15.4. The van der Waals surface area contributed by atoms with Gasteiger partial charge in [-0.15, -0.1) is 0 Å². The molecule has 0 aliphatic heterocycles. The zero-order chi connectivity index (χ0) is 20.1. The van der Waals surface area contributed by atoms with Crippen molar-refractivity contribution >= 4 is 17.8 Å². The lowest BCUT2D eigenvalue weighted by Gasteiger charge is -2.18. The van der Waals surface area contributed by atoms with Crippen molar-refractivity contribution in [1.29, 1.82) is 0 Å². The van der Waals surface area contributed by atoms with Crippen LogP contribution in [0.15, 0.2) is 60.7 Å². The van der Waals surface area contributed by atoms with Gasteiger partial charge >= 0.3 is 11.9 Å². The molecule has 0 fully saturated rings. The molecule has 0 aromatic heterocycles. The number of hydrogen-bond acceptors (Lipinski definition) is 4. The molecule has 3 rings (SSSR count). The first-order chi connectivity index (χ1) is 13.5. The van der Waals surface area contributed by atoms with Crippen molar-refractivity contribution in [3.63, 3.8) is 0 Å². The Hall–Kier alpha value is -3.41. The molecule has 0 heterocycles. The Labute approximate surface area is 162 Å². The van der Waals surface area contributed by atoms with Crippen LogP contribution in [0.4, 0.5) is 0 Å². The van der Waals surface area contributed by atoms with Gasteiger partial charge in [0.25, 0.3) is 0 Å². The maximum atomic E-state index is 13.0. The molecule has 1 aliphatic rings. The van der Waals surface area contributed by atoms with E-state index in [1.54, 1.807) is 6.92 Å². The van der Waals surface area contributed by atoms with Crippen LogP contribution in [0.3, 0.4) is 0 Å². The van der Waals surface area contributed by atoms with E-state index in [4.69, 9.17) is 4.74 Å². The van der Waals surface area contributed by atoms with E-state index < -0.39 is 23.9 Å². The molecule has 2 N–H and O–H groups in total. The Morgan fingerprint density at radius 3 is 2.18 bits per heavy atom. The molecule has 1 amide bonds. The van der Waals surface area contributed by atoms with E-state index in [-0.39, 0.29) is 18.9 Å². The van der Waals surface area contributed by atoms with Crippen molar-refractivity contribution < 1.29 is 24.2 Å². The molecular weight excluding hydrogens is 358 g/mol. The number of nitrogens with one attached hydrogen (secondary N) is 1. The van der Waals surface area contributed by atoms with Gasteiger partial charge in [-0.2, -0.15) is 0 Å². The van der Waals surface area contributed by atoms with Crippen molar-refractivity contribution in [1.82, 2.24) is 5.32 Å².